The van der Waals surface area contributed by atoms with E-state index in [9.17, 15) is 0 Å². The Morgan fingerprint density at radius 1 is 1.41 bits per heavy atom. The Kier molecular flexibility index (Phi) is 2.29. The zero-order valence-electron chi connectivity index (χ0n) is 10.3. The molecule has 0 amide bonds. The van der Waals surface area contributed by atoms with E-state index < -0.39 is 0 Å². The van der Waals surface area contributed by atoms with E-state index >= 15 is 0 Å². The molecule has 2 aromatic rings. The lowest BCUT2D eigenvalue weighted by Crippen LogP contribution is -2.20. The number of aromatic nitrogens is 1. The fourth-order valence-electron chi connectivity index (χ4n) is 2.91. The highest BCUT2D eigenvalue weighted by atomic mass is 35.5. The van der Waals surface area contributed by atoms with Gasteiger partial charge in [-0.1, -0.05) is 17.7 Å². The molecule has 2 nitrogen and oxygen atoms in total. The molecule has 1 saturated carbocycles. The zero-order valence-corrected chi connectivity index (χ0v) is 11.0. The van der Waals surface area contributed by atoms with Crippen molar-refractivity contribution in [1.82, 2.24) is 4.57 Å². The largest absolute Gasteiger partial charge is 0.348 e. The summed E-state index contributed by atoms with van der Waals surface area (Å²) in [5.41, 5.74) is 10.2. The quantitative estimate of drug-likeness (QED) is 0.870. The minimum absolute atomic E-state index is 0.234. The normalized spacial score (nSPS) is 17.6. The van der Waals surface area contributed by atoms with Gasteiger partial charge in [-0.3, -0.25) is 0 Å². The molecule has 0 atom stereocenters. The van der Waals surface area contributed by atoms with Gasteiger partial charge in [0.15, 0.2) is 0 Å². The molecule has 3 rings (SSSR count). The first-order valence-corrected chi connectivity index (χ1v) is 6.42. The van der Waals surface area contributed by atoms with Gasteiger partial charge >= 0.3 is 0 Å². The van der Waals surface area contributed by atoms with Crippen LogP contribution in [0, 0.1) is 6.92 Å². The third kappa shape index (κ3) is 1.44. The van der Waals surface area contributed by atoms with Crippen LogP contribution in [0.25, 0.3) is 10.9 Å². The average Bonchev–Trinajstić information content (AvgIpc) is 3.06. The molecule has 17 heavy (non-hydrogen) atoms. The Hall–Kier alpha value is -0.990. The first-order valence-electron chi connectivity index (χ1n) is 6.04. The summed E-state index contributed by atoms with van der Waals surface area (Å²) in [4.78, 5) is 0. The number of nitrogens with two attached hydrogens (primary N) is 1. The zero-order chi connectivity index (χ0) is 12.2. The summed E-state index contributed by atoms with van der Waals surface area (Å²) in [5, 5.41) is 2.11. The second kappa shape index (κ2) is 3.50. The lowest BCUT2D eigenvalue weighted by Gasteiger charge is -2.13. The van der Waals surface area contributed by atoms with Crippen LogP contribution in [0.3, 0.4) is 0 Å². The minimum Gasteiger partial charge on any atom is -0.348 e. The molecule has 1 aliphatic carbocycles. The van der Waals surface area contributed by atoms with Gasteiger partial charge in [-0.2, -0.15) is 0 Å². The number of rotatable bonds is 2. The van der Waals surface area contributed by atoms with Crippen molar-refractivity contribution >= 4 is 22.5 Å². The molecule has 0 unspecified atom stereocenters. The Balaban J connectivity index is 2.35. The molecule has 1 aliphatic rings. The summed E-state index contributed by atoms with van der Waals surface area (Å²) >= 11 is 6.08. The van der Waals surface area contributed by atoms with Gasteiger partial charge in [-0.15, -0.1) is 0 Å². The molecule has 0 radical (unpaired) electrons. The van der Waals surface area contributed by atoms with E-state index in [1.54, 1.807) is 0 Å². The molecule has 0 aliphatic heterocycles. The van der Waals surface area contributed by atoms with Gasteiger partial charge in [0.2, 0.25) is 0 Å². The second-order valence-corrected chi connectivity index (χ2v) is 5.60. The van der Waals surface area contributed by atoms with Gasteiger partial charge in [0.25, 0.3) is 0 Å². The molecule has 0 bridgehead atoms. The van der Waals surface area contributed by atoms with Crippen molar-refractivity contribution in [2.75, 3.05) is 6.54 Å². The van der Waals surface area contributed by atoms with Crippen LogP contribution in [0.1, 0.15) is 24.1 Å². The lowest BCUT2D eigenvalue weighted by molar-refractivity contribution is 0.697. The van der Waals surface area contributed by atoms with Crippen molar-refractivity contribution in [2.45, 2.75) is 25.2 Å². The molecule has 0 spiro atoms. The van der Waals surface area contributed by atoms with Crippen molar-refractivity contribution in [2.24, 2.45) is 12.8 Å². The third-order valence-electron chi connectivity index (χ3n) is 4.23. The highest BCUT2D eigenvalue weighted by Gasteiger charge is 2.45. The standard InChI is InChI=1S/C14H17ClN2/c1-9-13(14(8-16)5-6-14)11-4-3-10(15)7-12(11)17(9)2/h3-4,7H,5-6,8,16H2,1-2H3. The van der Waals surface area contributed by atoms with Gasteiger partial charge in [0.05, 0.1) is 0 Å². The number of halogens is 1. The maximum absolute atomic E-state index is 6.08. The predicted molar refractivity (Wildman–Crippen MR) is 72.6 cm³/mol. The number of benzene rings is 1. The minimum atomic E-state index is 0.234. The highest BCUT2D eigenvalue weighted by molar-refractivity contribution is 6.31. The summed E-state index contributed by atoms with van der Waals surface area (Å²) in [6.07, 6.45) is 2.43. The maximum atomic E-state index is 6.08. The SMILES string of the molecule is Cc1c(C2(CN)CC2)c2ccc(Cl)cc2n1C. The molecule has 0 saturated heterocycles. The molecule has 90 valence electrons. The van der Waals surface area contributed by atoms with E-state index in [0.717, 1.165) is 11.6 Å². The van der Waals surface area contributed by atoms with Crippen LogP contribution in [0.2, 0.25) is 5.02 Å². The first kappa shape index (κ1) is 11.1. The summed E-state index contributed by atoms with van der Waals surface area (Å²) in [5.74, 6) is 0. The topological polar surface area (TPSA) is 30.9 Å². The molecule has 1 fully saturated rings. The van der Waals surface area contributed by atoms with Crippen molar-refractivity contribution in [3.8, 4) is 0 Å². The monoisotopic (exact) mass is 248 g/mol. The smallest absolute Gasteiger partial charge is 0.0497 e. The van der Waals surface area contributed by atoms with Crippen LogP contribution in [0.15, 0.2) is 18.2 Å². The van der Waals surface area contributed by atoms with Crippen molar-refractivity contribution < 1.29 is 0 Å². The van der Waals surface area contributed by atoms with E-state index in [4.69, 9.17) is 17.3 Å². The summed E-state index contributed by atoms with van der Waals surface area (Å²) in [6, 6.07) is 6.15. The van der Waals surface area contributed by atoms with E-state index in [-0.39, 0.29) is 5.41 Å². The van der Waals surface area contributed by atoms with Gasteiger partial charge < -0.3 is 10.3 Å². The molecular weight excluding hydrogens is 232 g/mol. The van der Waals surface area contributed by atoms with Crippen molar-refractivity contribution in [3.63, 3.8) is 0 Å². The van der Waals surface area contributed by atoms with Crippen molar-refractivity contribution in [1.29, 1.82) is 0 Å². The average molecular weight is 249 g/mol. The third-order valence-corrected chi connectivity index (χ3v) is 4.47. The molecule has 1 heterocycles. The summed E-state index contributed by atoms with van der Waals surface area (Å²) in [6.45, 7) is 2.93. The van der Waals surface area contributed by atoms with Crippen LogP contribution in [-0.2, 0) is 12.5 Å². The van der Waals surface area contributed by atoms with Gasteiger partial charge in [-0.05, 0) is 37.5 Å². The van der Waals surface area contributed by atoms with Gasteiger partial charge in [0.1, 0.15) is 0 Å². The van der Waals surface area contributed by atoms with Crippen LogP contribution in [0.5, 0.6) is 0 Å². The Labute approximate surface area is 106 Å². The fourth-order valence-corrected chi connectivity index (χ4v) is 3.08. The number of fused-ring (bicyclic) bond motifs is 1. The molecule has 1 aromatic heterocycles. The van der Waals surface area contributed by atoms with Gasteiger partial charge in [0, 0.05) is 40.6 Å². The lowest BCUT2D eigenvalue weighted by atomic mass is 9.93. The molecule has 2 N–H and O–H groups in total. The molecule has 1 aromatic carbocycles. The van der Waals surface area contributed by atoms with Crippen LogP contribution in [0.4, 0.5) is 0 Å². The summed E-state index contributed by atoms with van der Waals surface area (Å²) < 4.78 is 2.23. The highest BCUT2D eigenvalue weighted by Crippen LogP contribution is 2.51. The van der Waals surface area contributed by atoms with E-state index in [1.807, 2.05) is 12.1 Å². The van der Waals surface area contributed by atoms with E-state index in [2.05, 4.69) is 24.6 Å². The van der Waals surface area contributed by atoms with E-state index in [1.165, 1.54) is 35.0 Å². The number of hydrogen-bond acceptors (Lipinski definition) is 1. The van der Waals surface area contributed by atoms with Gasteiger partial charge in [-0.25, -0.2) is 0 Å². The maximum Gasteiger partial charge on any atom is 0.0497 e. The molecule has 3 heteroatoms. The molecular formula is C14H17ClN2. The van der Waals surface area contributed by atoms with E-state index in [0.29, 0.717) is 0 Å². The Morgan fingerprint density at radius 3 is 2.71 bits per heavy atom. The first-order chi connectivity index (χ1) is 8.09. The van der Waals surface area contributed by atoms with Crippen LogP contribution in [-0.4, -0.2) is 11.1 Å². The summed E-state index contributed by atoms with van der Waals surface area (Å²) in [7, 11) is 2.10. The fraction of sp³-hybridized carbons (Fsp3) is 0.429. The van der Waals surface area contributed by atoms with Crippen molar-refractivity contribution in [3.05, 3.63) is 34.5 Å². The Bertz CT molecular complexity index is 594. The Morgan fingerprint density at radius 2 is 2.12 bits per heavy atom. The number of nitrogens with zero attached hydrogens (tertiary/aromatic N) is 1. The number of hydrogen-bond donors (Lipinski definition) is 1. The number of aryl methyl sites for hydroxylation is 1. The predicted octanol–water partition coefficient (Wildman–Crippen LogP) is 3.13. The van der Waals surface area contributed by atoms with Crippen LogP contribution >= 0.6 is 11.6 Å². The second-order valence-electron chi connectivity index (χ2n) is 5.17. The van der Waals surface area contributed by atoms with Crippen LogP contribution < -0.4 is 5.73 Å².